The first-order valence-electron chi connectivity index (χ1n) is 10.7. The van der Waals surface area contributed by atoms with Crippen LogP contribution in [0.1, 0.15) is 17.9 Å². The Kier molecular flexibility index (Phi) is 7.72. The summed E-state index contributed by atoms with van der Waals surface area (Å²) in [6, 6.07) is 25.1. The predicted molar refractivity (Wildman–Crippen MR) is 129 cm³/mol. The van der Waals surface area contributed by atoms with Gasteiger partial charge in [-0.15, -0.1) is 10.2 Å². The summed E-state index contributed by atoms with van der Waals surface area (Å²) in [7, 11) is 0. The normalized spacial score (nSPS) is 10.6. The van der Waals surface area contributed by atoms with Gasteiger partial charge in [0, 0.05) is 21.8 Å². The van der Waals surface area contributed by atoms with Gasteiger partial charge in [0.05, 0.1) is 12.1 Å². The van der Waals surface area contributed by atoms with E-state index < -0.39 is 11.9 Å². The molecule has 3 aromatic carbocycles. The van der Waals surface area contributed by atoms with Crippen LogP contribution in [0.25, 0.3) is 11.5 Å². The fraction of sp³-hybridized carbons (Fsp3) is 0.154. The lowest BCUT2D eigenvalue weighted by atomic mass is 10.1. The van der Waals surface area contributed by atoms with E-state index in [1.165, 1.54) is 0 Å². The van der Waals surface area contributed by atoms with Crippen molar-refractivity contribution in [2.45, 2.75) is 29.6 Å². The maximum atomic E-state index is 12.3. The summed E-state index contributed by atoms with van der Waals surface area (Å²) >= 11 is 1.54. The van der Waals surface area contributed by atoms with Crippen molar-refractivity contribution in [1.29, 1.82) is 0 Å². The lowest BCUT2D eigenvalue weighted by Crippen LogP contribution is -2.21. The number of benzene rings is 3. The van der Waals surface area contributed by atoms with Crippen molar-refractivity contribution < 1.29 is 18.7 Å². The molecule has 0 atom stereocenters. The lowest BCUT2D eigenvalue weighted by Gasteiger charge is -2.11. The number of anilines is 1. The van der Waals surface area contributed by atoms with Gasteiger partial charge in [0.25, 0.3) is 5.91 Å². The molecule has 0 saturated carbocycles. The van der Waals surface area contributed by atoms with Crippen molar-refractivity contribution in [2.75, 3.05) is 11.9 Å². The minimum atomic E-state index is -0.516. The summed E-state index contributed by atoms with van der Waals surface area (Å²) in [5.74, 6) is -0.190. The van der Waals surface area contributed by atoms with E-state index in [0.29, 0.717) is 17.5 Å². The van der Waals surface area contributed by atoms with Crippen molar-refractivity contribution >= 4 is 29.3 Å². The minimum absolute atomic E-state index is 0.0310. The van der Waals surface area contributed by atoms with Gasteiger partial charge >= 0.3 is 5.97 Å². The molecule has 1 aromatic heterocycles. The lowest BCUT2D eigenvalue weighted by molar-refractivity contribution is -0.147. The third kappa shape index (κ3) is 6.55. The van der Waals surface area contributed by atoms with E-state index >= 15 is 0 Å². The number of ether oxygens (including phenoxy) is 1. The summed E-state index contributed by atoms with van der Waals surface area (Å²) < 4.78 is 10.7. The van der Waals surface area contributed by atoms with Gasteiger partial charge in [0.2, 0.25) is 11.8 Å². The van der Waals surface area contributed by atoms with Gasteiger partial charge in [-0.25, -0.2) is 0 Å². The average molecular weight is 474 g/mol. The highest BCUT2D eigenvalue weighted by molar-refractivity contribution is 7.99. The number of aromatic nitrogens is 2. The number of hydrogen-bond donors (Lipinski definition) is 1. The van der Waals surface area contributed by atoms with Crippen LogP contribution < -0.4 is 5.32 Å². The Balaban J connectivity index is 1.24. The molecule has 0 aliphatic heterocycles. The van der Waals surface area contributed by atoms with Gasteiger partial charge in [-0.05, 0) is 43.3 Å². The smallest absolute Gasteiger partial charge is 0.306 e. The SMILES string of the molecule is Cc1ccc(-c2nnc(CCC(=O)OCC(=O)Nc3ccccc3Sc3ccccc3)o2)cc1. The first-order chi connectivity index (χ1) is 16.6. The van der Waals surface area contributed by atoms with Gasteiger partial charge in [-0.3, -0.25) is 9.59 Å². The maximum absolute atomic E-state index is 12.3. The van der Waals surface area contributed by atoms with Crippen LogP contribution in [0.3, 0.4) is 0 Å². The second kappa shape index (κ2) is 11.3. The van der Waals surface area contributed by atoms with Crippen LogP contribution in [-0.4, -0.2) is 28.7 Å². The molecule has 1 amide bonds. The molecule has 0 unspecified atom stereocenters. The van der Waals surface area contributed by atoms with Crippen molar-refractivity contribution in [3.63, 3.8) is 0 Å². The number of nitrogens with zero attached hydrogens (tertiary/aromatic N) is 2. The molecule has 4 rings (SSSR count). The van der Waals surface area contributed by atoms with Crippen LogP contribution in [0.2, 0.25) is 0 Å². The number of amides is 1. The Bertz CT molecular complexity index is 1260. The predicted octanol–water partition coefficient (Wildman–Crippen LogP) is 5.31. The molecule has 0 aliphatic carbocycles. The second-order valence-electron chi connectivity index (χ2n) is 7.49. The highest BCUT2D eigenvalue weighted by Gasteiger charge is 2.14. The van der Waals surface area contributed by atoms with E-state index in [1.54, 1.807) is 11.8 Å². The Morgan fingerprint density at radius 3 is 2.47 bits per heavy atom. The number of nitrogens with one attached hydrogen (secondary N) is 1. The molecular weight excluding hydrogens is 450 g/mol. The third-order valence-electron chi connectivity index (χ3n) is 4.80. The van der Waals surface area contributed by atoms with Gasteiger partial charge in [0.15, 0.2) is 6.61 Å². The van der Waals surface area contributed by atoms with Crippen LogP contribution in [0.15, 0.2) is 93.1 Å². The first kappa shape index (κ1) is 23.3. The van der Waals surface area contributed by atoms with Crippen molar-refractivity contribution in [2.24, 2.45) is 0 Å². The Morgan fingerprint density at radius 2 is 1.68 bits per heavy atom. The highest BCUT2D eigenvalue weighted by Crippen LogP contribution is 2.33. The van der Waals surface area contributed by atoms with Crippen molar-refractivity contribution in [1.82, 2.24) is 10.2 Å². The number of carbonyl (C=O) groups is 2. The second-order valence-corrected chi connectivity index (χ2v) is 8.60. The van der Waals surface area contributed by atoms with Gasteiger partial charge in [0.1, 0.15) is 0 Å². The molecule has 0 saturated heterocycles. The number of hydrogen-bond acceptors (Lipinski definition) is 7. The average Bonchev–Trinajstić information content (AvgIpc) is 3.33. The highest BCUT2D eigenvalue weighted by atomic mass is 32.2. The molecule has 4 aromatic rings. The van der Waals surface area contributed by atoms with Crippen molar-refractivity contribution in [3.05, 3.63) is 90.3 Å². The molecule has 0 bridgehead atoms. The third-order valence-corrected chi connectivity index (χ3v) is 5.89. The number of aryl methyl sites for hydroxylation is 2. The van der Waals surface area contributed by atoms with Crippen LogP contribution >= 0.6 is 11.8 Å². The number of esters is 1. The molecular formula is C26H23N3O4S. The zero-order valence-electron chi connectivity index (χ0n) is 18.6. The monoisotopic (exact) mass is 473 g/mol. The first-order valence-corrected chi connectivity index (χ1v) is 11.6. The molecule has 0 aliphatic rings. The van der Waals surface area contributed by atoms with E-state index in [4.69, 9.17) is 9.15 Å². The summed E-state index contributed by atoms with van der Waals surface area (Å²) in [5.41, 5.74) is 2.61. The quantitative estimate of drug-likeness (QED) is 0.329. The fourth-order valence-electron chi connectivity index (χ4n) is 3.06. The van der Waals surface area contributed by atoms with Gasteiger partial charge in [-0.1, -0.05) is 59.8 Å². The zero-order chi connectivity index (χ0) is 23.8. The van der Waals surface area contributed by atoms with Crippen LogP contribution in [-0.2, 0) is 20.7 Å². The largest absolute Gasteiger partial charge is 0.456 e. The molecule has 172 valence electrons. The minimum Gasteiger partial charge on any atom is -0.456 e. The molecule has 8 heteroatoms. The molecule has 0 radical (unpaired) electrons. The van der Waals surface area contributed by atoms with Crippen LogP contribution in [0, 0.1) is 6.92 Å². The topological polar surface area (TPSA) is 94.3 Å². The number of rotatable bonds is 9. The van der Waals surface area contributed by atoms with E-state index in [2.05, 4.69) is 15.5 Å². The molecule has 0 spiro atoms. The summed E-state index contributed by atoms with van der Waals surface area (Å²) in [5, 5.41) is 10.8. The zero-order valence-corrected chi connectivity index (χ0v) is 19.4. The van der Waals surface area contributed by atoms with Crippen LogP contribution in [0.4, 0.5) is 5.69 Å². The number of carbonyl (C=O) groups excluding carboxylic acids is 2. The molecule has 0 fully saturated rings. The Morgan fingerprint density at radius 1 is 0.941 bits per heavy atom. The standard InChI is InChI=1S/C26H23N3O4S/c1-18-11-13-19(14-12-18)26-29-28-24(33-26)15-16-25(31)32-17-23(30)27-21-9-5-6-10-22(21)34-20-7-3-2-4-8-20/h2-14H,15-17H2,1H3,(H,27,30). The molecule has 1 heterocycles. The van der Waals surface area contributed by atoms with Gasteiger partial charge in [-0.2, -0.15) is 0 Å². The Labute approximate surface area is 201 Å². The van der Waals surface area contributed by atoms with Crippen LogP contribution in [0.5, 0.6) is 0 Å². The maximum Gasteiger partial charge on any atom is 0.306 e. The fourth-order valence-corrected chi connectivity index (χ4v) is 3.98. The molecule has 1 N–H and O–H groups in total. The Hall–Kier alpha value is -3.91. The number of para-hydroxylation sites is 1. The molecule has 34 heavy (non-hydrogen) atoms. The summed E-state index contributed by atoms with van der Waals surface area (Å²) in [6.07, 6.45) is 0.263. The molecule has 7 nitrogen and oxygen atoms in total. The van der Waals surface area contributed by atoms with E-state index in [0.717, 1.165) is 20.9 Å². The summed E-state index contributed by atoms with van der Waals surface area (Å²) in [6.45, 7) is 1.62. The van der Waals surface area contributed by atoms with E-state index in [9.17, 15) is 9.59 Å². The summed E-state index contributed by atoms with van der Waals surface area (Å²) in [4.78, 5) is 26.4. The van der Waals surface area contributed by atoms with E-state index in [-0.39, 0.29) is 19.4 Å². The van der Waals surface area contributed by atoms with Gasteiger partial charge < -0.3 is 14.5 Å². The van der Waals surface area contributed by atoms with Crippen molar-refractivity contribution in [3.8, 4) is 11.5 Å². The van der Waals surface area contributed by atoms with E-state index in [1.807, 2.05) is 85.8 Å².